The number of hydrogen-bond acceptors (Lipinski definition) is 2. The largest absolute Gasteiger partial charge is 0.402 e. The summed E-state index contributed by atoms with van der Waals surface area (Å²) in [5.74, 6) is 0. The van der Waals surface area contributed by atoms with Gasteiger partial charge in [0, 0.05) is 11.0 Å². The summed E-state index contributed by atoms with van der Waals surface area (Å²) in [5, 5.41) is 0. The fourth-order valence-corrected chi connectivity index (χ4v) is 3.54. The van der Waals surface area contributed by atoms with Gasteiger partial charge in [-0.2, -0.15) is 17.5 Å². The minimum atomic E-state index is -4.56. The number of alkyl halides is 3. The Hall–Kier alpha value is -0.600. The van der Waals surface area contributed by atoms with Crippen LogP contribution in [0.4, 0.5) is 13.2 Å². The third kappa shape index (κ3) is 5.27. The normalized spacial score (nSPS) is 12.9. The summed E-state index contributed by atoms with van der Waals surface area (Å²) in [4.78, 5) is -0.122. The van der Waals surface area contributed by atoms with Crippen LogP contribution in [0.25, 0.3) is 0 Å². The zero-order chi connectivity index (χ0) is 16.3. The number of halogens is 4. The van der Waals surface area contributed by atoms with Crippen LogP contribution >= 0.6 is 15.9 Å². The Balaban J connectivity index is 3.16. The lowest BCUT2D eigenvalue weighted by molar-refractivity contribution is -0.136. The molecular weight excluding hydrogens is 371 g/mol. The van der Waals surface area contributed by atoms with E-state index in [1.54, 1.807) is 13.8 Å². The molecule has 0 radical (unpaired) electrons. The van der Waals surface area contributed by atoms with Crippen molar-refractivity contribution in [2.24, 2.45) is 0 Å². The first-order valence-corrected chi connectivity index (χ1v) is 8.64. The smallest absolute Gasteiger partial charge is 0.207 e. The number of nitrogens with zero attached hydrogens (tertiary/aromatic N) is 1. The summed E-state index contributed by atoms with van der Waals surface area (Å²) in [7, 11) is -4.15. The van der Waals surface area contributed by atoms with Gasteiger partial charge in [0.1, 0.15) is 6.54 Å². The van der Waals surface area contributed by atoms with E-state index >= 15 is 0 Å². The van der Waals surface area contributed by atoms with Gasteiger partial charge in [-0.05, 0) is 37.1 Å². The number of benzene rings is 1. The molecule has 8 heteroatoms. The van der Waals surface area contributed by atoms with Crippen molar-refractivity contribution in [3.05, 3.63) is 28.2 Å². The highest BCUT2D eigenvalue weighted by molar-refractivity contribution is 9.10. The Labute approximate surface area is 131 Å². The van der Waals surface area contributed by atoms with Gasteiger partial charge in [0.05, 0.1) is 4.90 Å². The third-order valence-electron chi connectivity index (χ3n) is 2.88. The molecule has 0 N–H and O–H groups in total. The average molecular weight is 388 g/mol. The molecule has 120 valence electrons. The van der Waals surface area contributed by atoms with E-state index in [1.165, 1.54) is 18.2 Å². The molecule has 0 spiro atoms. The average Bonchev–Trinajstić information content (AvgIpc) is 2.36. The predicted octanol–water partition coefficient (Wildman–Crippen LogP) is 4.11. The summed E-state index contributed by atoms with van der Waals surface area (Å²) in [6.07, 6.45) is -3.57. The van der Waals surface area contributed by atoms with Crippen molar-refractivity contribution in [1.29, 1.82) is 0 Å². The van der Waals surface area contributed by atoms with Crippen LogP contribution in [0.1, 0.15) is 25.3 Å². The molecule has 0 aliphatic heterocycles. The van der Waals surface area contributed by atoms with E-state index in [9.17, 15) is 21.6 Å². The number of sulfonamides is 1. The molecule has 0 saturated heterocycles. The lowest BCUT2D eigenvalue weighted by atomic mass is 10.2. The van der Waals surface area contributed by atoms with Crippen LogP contribution in [0.15, 0.2) is 27.6 Å². The van der Waals surface area contributed by atoms with Crippen LogP contribution in [-0.4, -0.2) is 32.0 Å². The van der Waals surface area contributed by atoms with Crippen molar-refractivity contribution in [1.82, 2.24) is 4.31 Å². The van der Waals surface area contributed by atoms with Crippen molar-refractivity contribution >= 4 is 26.0 Å². The molecule has 0 bridgehead atoms. The monoisotopic (exact) mass is 387 g/mol. The second-order valence-corrected chi connectivity index (χ2v) is 7.51. The van der Waals surface area contributed by atoms with Crippen LogP contribution in [0, 0.1) is 6.92 Å². The van der Waals surface area contributed by atoms with Crippen molar-refractivity contribution in [2.75, 3.05) is 13.1 Å². The maximum atomic E-state index is 12.6. The highest BCUT2D eigenvalue weighted by atomic mass is 79.9. The molecule has 1 aromatic rings. The van der Waals surface area contributed by atoms with Gasteiger partial charge in [0.2, 0.25) is 10.0 Å². The molecule has 0 amide bonds. The van der Waals surface area contributed by atoms with Crippen LogP contribution < -0.4 is 0 Å². The van der Waals surface area contributed by atoms with Gasteiger partial charge in [-0.1, -0.05) is 29.3 Å². The third-order valence-corrected chi connectivity index (χ3v) is 5.61. The van der Waals surface area contributed by atoms with E-state index in [-0.39, 0.29) is 11.4 Å². The molecular formula is C13H17BrF3NO2S. The molecule has 21 heavy (non-hydrogen) atoms. The first kappa shape index (κ1) is 18.4. The minimum absolute atomic E-state index is 0.122. The molecule has 0 aliphatic rings. The quantitative estimate of drug-likeness (QED) is 0.736. The van der Waals surface area contributed by atoms with Crippen LogP contribution in [0.5, 0.6) is 0 Å². The Kier molecular flexibility index (Phi) is 6.24. The van der Waals surface area contributed by atoms with Crippen molar-refractivity contribution in [3.63, 3.8) is 0 Å². The van der Waals surface area contributed by atoms with Crippen molar-refractivity contribution in [2.45, 2.75) is 37.8 Å². The molecule has 0 fully saturated rings. The predicted molar refractivity (Wildman–Crippen MR) is 78.6 cm³/mol. The number of rotatable bonds is 6. The summed E-state index contributed by atoms with van der Waals surface area (Å²) in [5.41, 5.74) is 0.651. The van der Waals surface area contributed by atoms with Gasteiger partial charge < -0.3 is 0 Å². The van der Waals surface area contributed by atoms with E-state index in [0.717, 1.165) is 0 Å². The number of unbranched alkanes of at least 4 members (excludes halogenated alkanes) is 1. The molecule has 0 aliphatic carbocycles. The fraction of sp³-hybridized carbons (Fsp3) is 0.538. The molecule has 1 rings (SSSR count). The Bertz CT molecular complexity index is 588. The molecule has 3 nitrogen and oxygen atoms in total. The first-order chi connectivity index (χ1) is 9.58. The van der Waals surface area contributed by atoms with E-state index < -0.39 is 22.7 Å². The Morgan fingerprint density at radius 1 is 1.29 bits per heavy atom. The molecule has 1 aromatic carbocycles. The van der Waals surface area contributed by atoms with Gasteiger partial charge in [-0.25, -0.2) is 8.42 Å². The standard InChI is InChI=1S/C13H17BrF3NO2S/c1-3-4-7-18(9-13(15,16)17)21(19,20)11-5-6-12(14)10(2)8-11/h5-6,8H,3-4,7,9H2,1-2H3. The zero-order valence-electron chi connectivity index (χ0n) is 11.7. The summed E-state index contributed by atoms with van der Waals surface area (Å²) < 4.78 is 63.8. The molecule has 0 unspecified atom stereocenters. The van der Waals surface area contributed by atoms with E-state index in [4.69, 9.17) is 0 Å². The lowest BCUT2D eigenvalue weighted by Gasteiger charge is -2.23. The maximum absolute atomic E-state index is 12.6. The van der Waals surface area contributed by atoms with Crippen LogP contribution in [-0.2, 0) is 10.0 Å². The topological polar surface area (TPSA) is 37.4 Å². The van der Waals surface area contributed by atoms with Crippen LogP contribution in [0.3, 0.4) is 0 Å². The number of hydrogen-bond donors (Lipinski definition) is 0. The second kappa shape index (κ2) is 7.11. The Morgan fingerprint density at radius 2 is 1.90 bits per heavy atom. The maximum Gasteiger partial charge on any atom is 0.402 e. The van der Waals surface area contributed by atoms with E-state index in [1.807, 2.05) is 0 Å². The number of aryl methyl sites for hydroxylation is 1. The summed E-state index contributed by atoms with van der Waals surface area (Å²) >= 11 is 3.24. The van der Waals surface area contributed by atoms with Gasteiger partial charge in [0.25, 0.3) is 0 Å². The minimum Gasteiger partial charge on any atom is -0.207 e. The van der Waals surface area contributed by atoms with Crippen LogP contribution in [0.2, 0.25) is 0 Å². The summed E-state index contributed by atoms with van der Waals surface area (Å²) in [6, 6.07) is 4.20. The highest BCUT2D eigenvalue weighted by Gasteiger charge is 2.36. The lowest BCUT2D eigenvalue weighted by Crippen LogP contribution is -2.39. The van der Waals surface area contributed by atoms with Crippen molar-refractivity contribution in [3.8, 4) is 0 Å². The van der Waals surface area contributed by atoms with Gasteiger partial charge in [-0.3, -0.25) is 0 Å². The van der Waals surface area contributed by atoms with Gasteiger partial charge in [-0.15, -0.1) is 0 Å². The zero-order valence-corrected chi connectivity index (χ0v) is 14.1. The highest BCUT2D eigenvalue weighted by Crippen LogP contribution is 2.26. The van der Waals surface area contributed by atoms with Gasteiger partial charge in [0.15, 0.2) is 0 Å². The van der Waals surface area contributed by atoms with E-state index in [0.29, 0.717) is 27.2 Å². The second-order valence-electron chi connectivity index (χ2n) is 4.72. The Morgan fingerprint density at radius 3 is 2.38 bits per heavy atom. The van der Waals surface area contributed by atoms with Gasteiger partial charge >= 0.3 is 6.18 Å². The molecule has 0 atom stereocenters. The van der Waals surface area contributed by atoms with E-state index in [2.05, 4.69) is 15.9 Å². The summed E-state index contributed by atoms with van der Waals surface area (Å²) in [6.45, 7) is 1.86. The first-order valence-electron chi connectivity index (χ1n) is 6.41. The fourth-order valence-electron chi connectivity index (χ4n) is 1.75. The molecule has 0 aromatic heterocycles. The molecule has 0 heterocycles. The SMILES string of the molecule is CCCCN(CC(F)(F)F)S(=O)(=O)c1ccc(Br)c(C)c1. The molecule has 0 saturated carbocycles. The van der Waals surface area contributed by atoms with Crippen molar-refractivity contribution < 1.29 is 21.6 Å².